The molecule has 1 saturated carbocycles. The summed E-state index contributed by atoms with van der Waals surface area (Å²) in [5.74, 6) is -0.606. The fraction of sp³-hybridized carbons (Fsp3) is 0.513. The third kappa shape index (κ3) is 6.23. The molecule has 10 rings (SSSR count). The Labute approximate surface area is 316 Å². The van der Waals surface area contributed by atoms with E-state index < -0.39 is 29.3 Å². The molecule has 5 fully saturated rings. The number of hydrogen-bond acceptors (Lipinski definition) is 12. The topological polar surface area (TPSA) is 147 Å². The monoisotopic (exact) mass is 755 g/mol. The van der Waals surface area contributed by atoms with E-state index in [1.54, 1.807) is 11.0 Å². The van der Waals surface area contributed by atoms with Gasteiger partial charge in [-0.05, 0) is 54.0 Å². The van der Waals surface area contributed by atoms with Gasteiger partial charge in [-0.1, -0.05) is 6.07 Å². The molecule has 3 aromatic rings. The highest BCUT2D eigenvalue weighted by molar-refractivity contribution is 6.05. The van der Waals surface area contributed by atoms with Gasteiger partial charge in [0.2, 0.25) is 11.8 Å². The summed E-state index contributed by atoms with van der Waals surface area (Å²) >= 11 is 0. The fourth-order valence-corrected chi connectivity index (χ4v) is 9.96. The molecule has 14 nitrogen and oxygen atoms in total. The molecule has 2 unspecified atom stereocenters. The van der Waals surface area contributed by atoms with Gasteiger partial charge < -0.3 is 34.8 Å². The highest BCUT2D eigenvalue weighted by atomic mass is 19.1. The van der Waals surface area contributed by atoms with Crippen molar-refractivity contribution in [3.05, 3.63) is 59.2 Å². The fourth-order valence-electron chi connectivity index (χ4n) is 9.96. The van der Waals surface area contributed by atoms with Crippen LogP contribution in [0.15, 0.2) is 36.4 Å². The van der Waals surface area contributed by atoms with E-state index in [2.05, 4.69) is 46.5 Å². The van der Waals surface area contributed by atoms with Crippen LogP contribution in [0.3, 0.4) is 0 Å². The van der Waals surface area contributed by atoms with E-state index in [1.807, 2.05) is 12.1 Å². The number of likely N-dealkylation sites (tertiary alicyclic amines) is 1. The van der Waals surface area contributed by atoms with Crippen LogP contribution in [0, 0.1) is 29.4 Å². The summed E-state index contributed by atoms with van der Waals surface area (Å²) in [5.41, 5.74) is 3.55. The molecule has 2 aromatic carbocycles. The van der Waals surface area contributed by atoms with Crippen LogP contribution in [-0.2, 0) is 20.9 Å². The number of benzene rings is 2. The van der Waals surface area contributed by atoms with Crippen molar-refractivity contribution < 1.29 is 33.0 Å². The quantitative estimate of drug-likeness (QED) is 0.303. The molecule has 1 aromatic heterocycles. The summed E-state index contributed by atoms with van der Waals surface area (Å²) < 4.78 is 34.3. The first-order chi connectivity index (χ1) is 26.7. The SMILES string of the molecule is O=C1CCC(N2Cc3ccc(N4CCOC(CN5C[C@@H]6[C@H](C5)[C@@H]6CN5CCN6c7cc(-c8cc(F)cc(F)c8O)nnc7NC[C@H]6C5)C4)cc3C2=O)C(=O)N1. The van der Waals surface area contributed by atoms with E-state index in [9.17, 15) is 28.3 Å². The largest absolute Gasteiger partial charge is 0.504 e. The number of morpholine rings is 1. The van der Waals surface area contributed by atoms with Gasteiger partial charge in [0, 0.05) is 101 Å². The highest BCUT2D eigenvalue weighted by Crippen LogP contribution is 2.52. The number of phenolic OH excluding ortho intramolecular Hbond substituents is 1. The molecule has 7 aliphatic rings. The van der Waals surface area contributed by atoms with Crippen molar-refractivity contribution in [3.8, 4) is 17.0 Å². The number of piperazine rings is 1. The zero-order valence-corrected chi connectivity index (χ0v) is 30.3. The summed E-state index contributed by atoms with van der Waals surface area (Å²) in [6.45, 7) is 9.91. The molecule has 3 N–H and O–H groups in total. The minimum atomic E-state index is -1.03. The Morgan fingerprint density at radius 1 is 0.891 bits per heavy atom. The van der Waals surface area contributed by atoms with Gasteiger partial charge in [0.25, 0.3) is 5.91 Å². The van der Waals surface area contributed by atoms with Gasteiger partial charge in [-0.25, -0.2) is 8.78 Å². The third-order valence-corrected chi connectivity index (χ3v) is 12.9. The molecule has 6 aliphatic heterocycles. The number of piperidine rings is 2. The maximum absolute atomic E-state index is 14.1. The molecule has 1 aliphatic carbocycles. The number of aromatic hydroxyl groups is 1. The number of imide groups is 1. The second kappa shape index (κ2) is 13.4. The Morgan fingerprint density at radius 2 is 1.75 bits per heavy atom. The van der Waals surface area contributed by atoms with Crippen LogP contribution in [0.1, 0.15) is 28.8 Å². The van der Waals surface area contributed by atoms with Crippen molar-refractivity contribution in [2.24, 2.45) is 17.8 Å². The lowest BCUT2D eigenvalue weighted by atomic mass is 10.0. The second-order valence-corrected chi connectivity index (χ2v) is 16.1. The standard InChI is InChI=1S/C39H43F2N9O5/c40-22-9-27(36(52)31(41)10-22)32-12-34-37(45-44-32)42-13-24-15-46(5-6-49(24)34)18-28-29-19-47(20-30(28)29)16-25-17-48(7-8-55-25)23-2-1-21-14-50(39(54)26(21)11-23)33-3-4-35(51)43-38(33)53/h1-2,9-12,24-25,28-30,33,52H,3-8,13-20H2,(H,42,45)(H,43,51,53)/t24-,25?,28-,29+,30-,33?/m0/s1. The zero-order chi connectivity index (χ0) is 37.5. The lowest BCUT2D eigenvalue weighted by Gasteiger charge is -2.46. The summed E-state index contributed by atoms with van der Waals surface area (Å²) in [7, 11) is 0. The van der Waals surface area contributed by atoms with Gasteiger partial charge in [-0.3, -0.25) is 24.6 Å². The summed E-state index contributed by atoms with van der Waals surface area (Å²) in [4.78, 5) is 48.8. The first kappa shape index (κ1) is 34.6. The average Bonchev–Trinajstić information content (AvgIpc) is 3.45. The molecule has 0 radical (unpaired) electrons. The Bertz CT molecular complexity index is 2080. The minimum Gasteiger partial charge on any atom is -0.504 e. The van der Waals surface area contributed by atoms with Crippen LogP contribution >= 0.6 is 0 Å². The van der Waals surface area contributed by atoms with Gasteiger partial charge in [0.15, 0.2) is 17.4 Å². The number of nitrogens with zero attached hydrogens (tertiary/aromatic N) is 7. The van der Waals surface area contributed by atoms with Crippen molar-refractivity contribution in [2.45, 2.75) is 37.6 Å². The van der Waals surface area contributed by atoms with E-state index >= 15 is 0 Å². The molecule has 0 bridgehead atoms. The van der Waals surface area contributed by atoms with Gasteiger partial charge >= 0.3 is 0 Å². The number of carbonyl (C=O) groups excluding carboxylic acids is 3. The van der Waals surface area contributed by atoms with Crippen LogP contribution in [0.4, 0.5) is 26.0 Å². The minimum absolute atomic E-state index is 0.0198. The third-order valence-electron chi connectivity index (χ3n) is 12.9. The predicted molar refractivity (Wildman–Crippen MR) is 196 cm³/mol. The Hall–Kier alpha value is -4.93. The van der Waals surface area contributed by atoms with Crippen molar-refractivity contribution in [1.82, 2.24) is 30.2 Å². The molecule has 16 heteroatoms. The van der Waals surface area contributed by atoms with Crippen LogP contribution in [0.25, 0.3) is 11.3 Å². The number of halogens is 2. The molecule has 288 valence electrons. The smallest absolute Gasteiger partial charge is 0.255 e. The zero-order valence-electron chi connectivity index (χ0n) is 30.3. The van der Waals surface area contributed by atoms with E-state index in [0.717, 1.165) is 88.5 Å². The van der Waals surface area contributed by atoms with E-state index in [-0.39, 0.29) is 41.6 Å². The molecular formula is C39H43F2N9O5. The van der Waals surface area contributed by atoms with Crippen molar-refractivity contribution in [2.75, 3.05) is 87.2 Å². The lowest BCUT2D eigenvalue weighted by molar-refractivity contribution is -0.136. The molecule has 4 saturated heterocycles. The maximum Gasteiger partial charge on any atom is 0.255 e. The number of anilines is 3. The number of rotatable bonds is 7. The van der Waals surface area contributed by atoms with Crippen LogP contribution in [0.2, 0.25) is 0 Å². The highest BCUT2D eigenvalue weighted by Gasteiger charge is 2.56. The average molecular weight is 756 g/mol. The number of phenols is 1. The van der Waals surface area contributed by atoms with E-state index in [0.29, 0.717) is 54.8 Å². The Balaban J connectivity index is 0.712. The molecule has 3 amide bonds. The van der Waals surface area contributed by atoms with Crippen LogP contribution < -0.4 is 20.4 Å². The number of ether oxygens (including phenoxy) is 1. The summed E-state index contributed by atoms with van der Waals surface area (Å²) in [5, 5.41) is 24.4. The normalized spacial score (nSPS) is 29.1. The molecule has 0 spiro atoms. The van der Waals surface area contributed by atoms with Crippen molar-refractivity contribution in [1.29, 1.82) is 0 Å². The number of carbonyl (C=O) groups is 3. The summed E-state index contributed by atoms with van der Waals surface area (Å²) in [6.07, 6.45) is 0.656. The van der Waals surface area contributed by atoms with E-state index in [4.69, 9.17) is 4.74 Å². The van der Waals surface area contributed by atoms with Crippen molar-refractivity contribution in [3.63, 3.8) is 0 Å². The Morgan fingerprint density at radius 3 is 2.58 bits per heavy atom. The number of aromatic nitrogens is 2. The first-order valence-electron chi connectivity index (χ1n) is 19.3. The number of amides is 3. The first-order valence-corrected chi connectivity index (χ1v) is 19.3. The molecular weight excluding hydrogens is 712 g/mol. The number of fused-ring (bicyclic) bond motifs is 5. The molecule has 6 atom stereocenters. The Kier molecular flexibility index (Phi) is 8.40. The van der Waals surface area contributed by atoms with Gasteiger partial charge in [0.05, 0.1) is 30.1 Å². The number of hydrogen-bond donors (Lipinski definition) is 3. The summed E-state index contributed by atoms with van der Waals surface area (Å²) in [6, 6.07) is 9.08. The van der Waals surface area contributed by atoms with Crippen LogP contribution in [-0.4, -0.2) is 138 Å². The number of nitrogens with one attached hydrogen (secondary N) is 2. The lowest BCUT2D eigenvalue weighted by Crippen LogP contribution is -2.58. The molecule has 7 heterocycles. The predicted octanol–water partition coefficient (Wildman–Crippen LogP) is 1.89. The van der Waals surface area contributed by atoms with Gasteiger partial charge in [0.1, 0.15) is 11.9 Å². The molecule has 55 heavy (non-hydrogen) atoms. The van der Waals surface area contributed by atoms with Gasteiger partial charge in [-0.15, -0.1) is 10.2 Å². The maximum atomic E-state index is 14.1. The second-order valence-electron chi connectivity index (χ2n) is 16.1. The van der Waals surface area contributed by atoms with Gasteiger partial charge in [-0.2, -0.15) is 0 Å². The van der Waals surface area contributed by atoms with E-state index in [1.165, 1.54) is 0 Å². The van der Waals surface area contributed by atoms with Crippen molar-refractivity contribution >= 4 is 34.9 Å². The van der Waals surface area contributed by atoms with Crippen LogP contribution in [0.5, 0.6) is 5.75 Å².